The lowest BCUT2D eigenvalue weighted by atomic mass is 9.70. The number of thioether (sulfide) groups is 1. The number of methoxy groups -OCH3 is 1. The van der Waals surface area contributed by atoms with Gasteiger partial charge in [0.2, 0.25) is 17.7 Å². The van der Waals surface area contributed by atoms with Crippen LogP contribution in [0.2, 0.25) is 0 Å². The lowest BCUT2D eigenvalue weighted by molar-refractivity contribution is -0.138. The molecule has 1 spiro atoms. The maximum Gasteiger partial charge on any atom is 0.248 e. The number of amides is 3. The number of para-hydroxylation sites is 1. The van der Waals surface area contributed by atoms with Crippen molar-refractivity contribution in [1.82, 2.24) is 4.90 Å². The third-order valence-corrected chi connectivity index (χ3v) is 11.3. The van der Waals surface area contributed by atoms with Gasteiger partial charge in [-0.25, -0.2) is 0 Å². The number of aliphatic hydroxyl groups excluding tert-OH is 1. The number of carbonyl (C=O) groups excluding carboxylic acids is 3. The van der Waals surface area contributed by atoms with E-state index in [2.05, 4.69) is 26.6 Å². The number of unbranched alkanes of at least 4 members (excludes halogenated alkanes) is 3. The number of benzene rings is 2. The summed E-state index contributed by atoms with van der Waals surface area (Å²) >= 11 is 5.43. The number of anilines is 2. The zero-order valence-electron chi connectivity index (χ0n) is 21.8. The minimum Gasteiger partial charge on any atom is -0.497 e. The summed E-state index contributed by atoms with van der Waals surface area (Å²) in [6, 6.07) is 15.7. The van der Waals surface area contributed by atoms with Crippen LogP contribution in [0.4, 0.5) is 11.4 Å². The number of halogens is 1. The van der Waals surface area contributed by atoms with Gasteiger partial charge >= 0.3 is 0 Å². The molecule has 8 nitrogen and oxygen atoms in total. The zero-order valence-corrected chi connectivity index (χ0v) is 24.2. The van der Waals surface area contributed by atoms with Gasteiger partial charge in [-0.05, 0) is 55.7 Å². The molecule has 0 saturated carbocycles. The SMILES string of the molecule is COc1ccc(NC(=O)C2N(CCCCCCO)C(=O)[C@@H]3[C@H](C(=O)Nc4ccccc4)[C@H]4SC23CC4Br)cc1. The number of hydrogen-bond donors (Lipinski definition) is 3. The van der Waals surface area contributed by atoms with Gasteiger partial charge in [-0.1, -0.05) is 47.0 Å². The molecule has 39 heavy (non-hydrogen) atoms. The highest BCUT2D eigenvalue weighted by molar-refractivity contribution is 9.09. The van der Waals surface area contributed by atoms with Crippen LogP contribution in [0.3, 0.4) is 0 Å². The normalized spacial score (nSPS) is 28.8. The molecule has 3 heterocycles. The molecule has 3 amide bonds. The van der Waals surface area contributed by atoms with E-state index in [1.165, 1.54) is 0 Å². The van der Waals surface area contributed by atoms with Crippen molar-refractivity contribution in [2.75, 3.05) is 30.9 Å². The summed E-state index contributed by atoms with van der Waals surface area (Å²) in [6.07, 6.45) is 3.79. The number of carbonyl (C=O) groups is 3. The van der Waals surface area contributed by atoms with Gasteiger partial charge in [0, 0.05) is 34.6 Å². The van der Waals surface area contributed by atoms with Gasteiger partial charge < -0.3 is 25.4 Å². The molecular formula is C29H34BrN3O5S. The molecule has 5 rings (SSSR count). The highest BCUT2D eigenvalue weighted by Gasteiger charge is 2.75. The third-order valence-electron chi connectivity index (χ3n) is 8.05. The van der Waals surface area contributed by atoms with Gasteiger partial charge in [-0.15, -0.1) is 11.8 Å². The Balaban J connectivity index is 1.43. The number of nitrogens with zero attached hydrogens (tertiary/aromatic N) is 1. The van der Waals surface area contributed by atoms with Crippen molar-refractivity contribution in [3.8, 4) is 5.75 Å². The molecule has 3 aliphatic rings. The molecule has 3 saturated heterocycles. The predicted octanol–water partition coefficient (Wildman–Crippen LogP) is 4.29. The number of likely N-dealkylation sites (tertiary alicyclic amines) is 1. The van der Waals surface area contributed by atoms with Crippen molar-refractivity contribution in [1.29, 1.82) is 0 Å². The number of fused-ring (bicyclic) bond motifs is 1. The number of ether oxygens (including phenoxy) is 1. The standard InChI is InChI=1S/C29H34BrN3O5S/c1-38-20-13-11-19(12-14-20)32-27(36)25-29-17-21(30)24(39-29)22(26(35)31-18-9-5-4-6-10-18)23(29)28(37)33(25)15-7-2-3-8-16-34/h4-6,9-14,21-25,34H,2-3,7-8,15-17H2,1H3,(H,31,35)(H,32,36)/t21?,22-,23-,24-,25?,29?/m0/s1. The lowest BCUT2D eigenvalue weighted by Crippen LogP contribution is -2.52. The summed E-state index contributed by atoms with van der Waals surface area (Å²) in [5, 5.41) is 15.1. The first kappa shape index (κ1) is 28.0. The van der Waals surface area contributed by atoms with Crippen LogP contribution in [-0.2, 0) is 14.4 Å². The molecule has 2 bridgehead atoms. The molecule has 6 atom stereocenters. The van der Waals surface area contributed by atoms with E-state index in [9.17, 15) is 14.4 Å². The van der Waals surface area contributed by atoms with Crippen molar-refractivity contribution >= 4 is 56.8 Å². The maximum absolute atomic E-state index is 14.1. The van der Waals surface area contributed by atoms with E-state index in [0.717, 1.165) is 19.3 Å². The van der Waals surface area contributed by atoms with Crippen LogP contribution < -0.4 is 15.4 Å². The molecule has 208 valence electrons. The van der Waals surface area contributed by atoms with Gasteiger partial charge in [0.05, 0.1) is 23.7 Å². The summed E-state index contributed by atoms with van der Waals surface area (Å²) in [5.41, 5.74) is 1.32. The largest absolute Gasteiger partial charge is 0.497 e. The Labute approximate surface area is 241 Å². The maximum atomic E-state index is 14.1. The molecule has 3 fully saturated rings. The van der Waals surface area contributed by atoms with Gasteiger partial charge in [0.1, 0.15) is 11.8 Å². The fourth-order valence-electron chi connectivity index (χ4n) is 6.35. The number of rotatable bonds is 11. The second kappa shape index (κ2) is 11.9. The minimum atomic E-state index is -0.698. The molecule has 3 aliphatic heterocycles. The Kier molecular flexibility index (Phi) is 8.54. The summed E-state index contributed by atoms with van der Waals surface area (Å²) in [6.45, 7) is 0.581. The van der Waals surface area contributed by atoms with Crippen LogP contribution in [0.25, 0.3) is 0 Å². The molecule has 0 radical (unpaired) electrons. The molecule has 2 aromatic carbocycles. The van der Waals surface area contributed by atoms with E-state index in [-0.39, 0.29) is 34.4 Å². The third kappa shape index (κ3) is 5.30. The Morgan fingerprint density at radius 1 is 1.03 bits per heavy atom. The van der Waals surface area contributed by atoms with Crippen LogP contribution in [0.5, 0.6) is 5.75 Å². The van der Waals surface area contributed by atoms with E-state index >= 15 is 0 Å². The topological polar surface area (TPSA) is 108 Å². The summed E-state index contributed by atoms with van der Waals surface area (Å²) in [5.74, 6) is -0.961. The van der Waals surface area contributed by atoms with Crippen molar-refractivity contribution in [3.05, 3.63) is 54.6 Å². The van der Waals surface area contributed by atoms with Crippen LogP contribution in [0.1, 0.15) is 32.1 Å². The van der Waals surface area contributed by atoms with Crippen LogP contribution in [-0.4, -0.2) is 68.9 Å². The van der Waals surface area contributed by atoms with E-state index in [1.807, 2.05) is 30.3 Å². The number of nitrogens with one attached hydrogen (secondary N) is 2. The fraction of sp³-hybridized carbons (Fsp3) is 0.483. The first-order valence-corrected chi connectivity index (χ1v) is 15.2. The summed E-state index contributed by atoms with van der Waals surface area (Å²) < 4.78 is 4.54. The van der Waals surface area contributed by atoms with Crippen LogP contribution >= 0.6 is 27.7 Å². The molecular weight excluding hydrogens is 582 g/mol. The van der Waals surface area contributed by atoms with Crippen molar-refractivity contribution in [2.24, 2.45) is 11.8 Å². The minimum absolute atomic E-state index is 0.0128. The van der Waals surface area contributed by atoms with Crippen molar-refractivity contribution in [3.63, 3.8) is 0 Å². The van der Waals surface area contributed by atoms with Crippen LogP contribution in [0.15, 0.2) is 54.6 Å². The molecule has 0 aromatic heterocycles. The Morgan fingerprint density at radius 2 is 1.69 bits per heavy atom. The van der Waals surface area contributed by atoms with E-state index in [4.69, 9.17) is 9.84 Å². The number of hydrogen-bond acceptors (Lipinski definition) is 6. The second-order valence-electron chi connectivity index (χ2n) is 10.4. The first-order valence-electron chi connectivity index (χ1n) is 13.4. The fourth-order valence-corrected chi connectivity index (χ4v) is 9.96. The van der Waals surface area contributed by atoms with Gasteiger partial charge in [0.15, 0.2) is 0 Å². The Morgan fingerprint density at radius 3 is 2.38 bits per heavy atom. The Hall–Kier alpha value is -2.56. The molecule has 3 unspecified atom stereocenters. The van der Waals surface area contributed by atoms with Crippen molar-refractivity contribution in [2.45, 2.75) is 53.0 Å². The highest BCUT2D eigenvalue weighted by Crippen LogP contribution is 2.67. The molecule has 10 heteroatoms. The van der Waals surface area contributed by atoms with Crippen LogP contribution in [0, 0.1) is 11.8 Å². The second-order valence-corrected chi connectivity index (χ2v) is 13.1. The quantitative estimate of drug-likeness (QED) is 0.257. The smallest absolute Gasteiger partial charge is 0.248 e. The number of alkyl halides is 1. The van der Waals surface area contributed by atoms with Crippen molar-refractivity contribution < 1.29 is 24.2 Å². The summed E-state index contributed by atoms with van der Waals surface area (Å²) in [4.78, 5) is 43.4. The van der Waals surface area contributed by atoms with E-state index in [1.54, 1.807) is 48.0 Å². The first-order chi connectivity index (χ1) is 18.9. The highest BCUT2D eigenvalue weighted by atomic mass is 79.9. The summed E-state index contributed by atoms with van der Waals surface area (Å²) in [7, 11) is 1.59. The van der Waals surface area contributed by atoms with E-state index in [0.29, 0.717) is 36.5 Å². The monoisotopic (exact) mass is 615 g/mol. The lowest BCUT2D eigenvalue weighted by Gasteiger charge is -2.35. The van der Waals surface area contributed by atoms with E-state index < -0.39 is 22.6 Å². The Bertz CT molecular complexity index is 1200. The van der Waals surface area contributed by atoms with Gasteiger partial charge in [0.25, 0.3) is 0 Å². The van der Waals surface area contributed by atoms with Gasteiger partial charge in [-0.2, -0.15) is 0 Å². The molecule has 2 aromatic rings. The molecule has 0 aliphatic carbocycles. The average Bonchev–Trinajstić information content (AvgIpc) is 3.53. The van der Waals surface area contributed by atoms with Gasteiger partial charge in [-0.3, -0.25) is 14.4 Å². The average molecular weight is 617 g/mol. The molecule has 3 N–H and O–H groups in total. The predicted molar refractivity (Wildman–Crippen MR) is 156 cm³/mol. The zero-order chi connectivity index (χ0) is 27.6. The number of aliphatic hydroxyl groups is 1.